The second kappa shape index (κ2) is 6.34. The first-order chi connectivity index (χ1) is 9.11. The van der Waals surface area contributed by atoms with Crippen LogP contribution in [0.3, 0.4) is 0 Å². The molecular weight excluding hydrogens is 324 g/mol. The fraction of sp³-hybridized carbons (Fsp3) is 0.385. The third kappa shape index (κ3) is 3.45. The predicted octanol–water partition coefficient (Wildman–Crippen LogP) is 3.76. The molecule has 2 rings (SSSR count). The van der Waals surface area contributed by atoms with Crippen LogP contribution < -0.4 is 11.1 Å². The number of hydrogen-bond acceptors (Lipinski definition) is 5. The van der Waals surface area contributed by atoms with Gasteiger partial charge in [0.15, 0.2) is 0 Å². The highest BCUT2D eigenvalue weighted by Gasteiger charge is 2.09. The number of rotatable bonds is 5. The molecule has 0 aliphatic rings. The lowest BCUT2D eigenvalue weighted by atomic mass is 10.2. The van der Waals surface area contributed by atoms with Crippen molar-refractivity contribution >= 4 is 38.9 Å². The summed E-state index contributed by atoms with van der Waals surface area (Å²) in [7, 11) is 0. The zero-order valence-electron chi connectivity index (χ0n) is 11.0. The molecule has 3 N–H and O–H groups in total. The Kier molecular flexibility index (Phi) is 4.76. The Hall–Kier alpha value is -1.14. The van der Waals surface area contributed by atoms with Crippen LogP contribution in [0.1, 0.15) is 29.6 Å². The molecule has 0 unspecified atom stereocenters. The number of halogens is 1. The summed E-state index contributed by atoms with van der Waals surface area (Å²) in [5, 5.41) is 5.41. The monoisotopic (exact) mass is 340 g/mol. The summed E-state index contributed by atoms with van der Waals surface area (Å²) in [4.78, 5) is 10.1. The van der Waals surface area contributed by atoms with Crippen molar-refractivity contribution in [1.82, 2.24) is 9.97 Å². The number of hydrogen-bond donors (Lipinski definition) is 2. The molecule has 102 valence electrons. The number of nitrogens with two attached hydrogens (primary N) is 1. The van der Waals surface area contributed by atoms with Gasteiger partial charge in [-0.1, -0.05) is 6.92 Å². The summed E-state index contributed by atoms with van der Waals surface area (Å²) in [5.74, 6) is 2.20. The van der Waals surface area contributed by atoms with Crippen LogP contribution in [-0.2, 0) is 13.0 Å². The first-order valence-electron chi connectivity index (χ1n) is 6.20. The van der Waals surface area contributed by atoms with Crippen molar-refractivity contribution in [3.63, 3.8) is 0 Å². The third-order valence-corrected chi connectivity index (χ3v) is 4.74. The quantitative estimate of drug-likeness (QED) is 0.869. The average Bonchev–Trinajstić information content (AvgIpc) is 2.78. The molecule has 0 saturated heterocycles. The Labute approximate surface area is 125 Å². The van der Waals surface area contributed by atoms with Crippen LogP contribution >= 0.6 is 27.3 Å². The number of nitrogen functional groups attached to an aromatic ring is 1. The van der Waals surface area contributed by atoms with Crippen molar-refractivity contribution in [1.29, 1.82) is 0 Å². The predicted molar refractivity (Wildman–Crippen MR) is 84.5 cm³/mol. The average molecular weight is 341 g/mol. The van der Waals surface area contributed by atoms with E-state index in [4.69, 9.17) is 5.73 Å². The van der Waals surface area contributed by atoms with Gasteiger partial charge < -0.3 is 11.1 Å². The Morgan fingerprint density at radius 3 is 2.84 bits per heavy atom. The number of aromatic nitrogens is 2. The van der Waals surface area contributed by atoms with Gasteiger partial charge in [0.25, 0.3) is 0 Å². The zero-order chi connectivity index (χ0) is 13.8. The van der Waals surface area contributed by atoms with Gasteiger partial charge in [-0.15, -0.1) is 11.3 Å². The number of anilines is 2. The summed E-state index contributed by atoms with van der Waals surface area (Å²) >= 11 is 5.23. The summed E-state index contributed by atoms with van der Waals surface area (Å²) in [6.45, 7) is 4.78. The fourth-order valence-corrected chi connectivity index (χ4v) is 3.14. The largest absolute Gasteiger partial charge is 0.383 e. The first-order valence-corrected chi connectivity index (χ1v) is 7.87. The second-order valence-electron chi connectivity index (χ2n) is 4.29. The molecular formula is C13H17BrN4S. The van der Waals surface area contributed by atoms with E-state index in [0.29, 0.717) is 5.82 Å². The Bertz CT molecular complexity index is 568. The molecule has 0 spiro atoms. The molecule has 2 aromatic rings. The molecule has 0 atom stereocenters. The Morgan fingerprint density at radius 2 is 2.21 bits per heavy atom. The molecule has 2 heterocycles. The van der Waals surface area contributed by atoms with Crippen molar-refractivity contribution < 1.29 is 0 Å². The molecule has 0 aliphatic carbocycles. The van der Waals surface area contributed by atoms with Gasteiger partial charge in [0.05, 0.1) is 6.54 Å². The minimum atomic E-state index is 0.561. The molecule has 0 aromatic carbocycles. The van der Waals surface area contributed by atoms with Gasteiger partial charge in [-0.25, -0.2) is 9.97 Å². The third-order valence-electron chi connectivity index (χ3n) is 2.81. The lowest BCUT2D eigenvalue weighted by Gasteiger charge is -2.11. The molecule has 0 radical (unpaired) electrons. The smallest absolute Gasteiger partial charge is 0.135 e. The van der Waals surface area contributed by atoms with Gasteiger partial charge in [-0.2, -0.15) is 0 Å². The van der Waals surface area contributed by atoms with Crippen LogP contribution in [0.5, 0.6) is 0 Å². The summed E-state index contributed by atoms with van der Waals surface area (Å²) in [5.41, 5.74) is 6.84. The van der Waals surface area contributed by atoms with E-state index >= 15 is 0 Å². The normalized spacial score (nSPS) is 10.7. The van der Waals surface area contributed by atoms with Gasteiger partial charge in [-0.05, 0) is 40.7 Å². The Balaban J connectivity index is 2.17. The molecule has 0 aliphatic heterocycles. The van der Waals surface area contributed by atoms with Crippen molar-refractivity contribution in [3.8, 4) is 0 Å². The highest BCUT2D eigenvalue weighted by Crippen LogP contribution is 2.25. The van der Waals surface area contributed by atoms with Crippen LogP contribution in [0.2, 0.25) is 0 Å². The van der Waals surface area contributed by atoms with E-state index in [2.05, 4.69) is 43.5 Å². The first kappa shape index (κ1) is 14.3. The maximum absolute atomic E-state index is 5.93. The molecule has 0 fully saturated rings. The lowest BCUT2D eigenvalue weighted by Crippen LogP contribution is -2.09. The van der Waals surface area contributed by atoms with Gasteiger partial charge >= 0.3 is 0 Å². The van der Waals surface area contributed by atoms with Gasteiger partial charge in [0, 0.05) is 21.3 Å². The van der Waals surface area contributed by atoms with Crippen molar-refractivity contribution in [2.75, 3.05) is 11.1 Å². The van der Waals surface area contributed by atoms with E-state index in [1.807, 2.05) is 13.0 Å². The zero-order valence-corrected chi connectivity index (χ0v) is 13.4. The summed E-state index contributed by atoms with van der Waals surface area (Å²) in [6.07, 6.45) is 1.86. The summed E-state index contributed by atoms with van der Waals surface area (Å²) in [6, 6.07) is 2.05. The molecule has 0 amide bonds. The molecule has 2 aromatic heterocycles. The van der Waals surface area contributed by atoms with E-state index in [9.17, 15) is 0 Å². The Morgan fingerprint density at radius 1 is 1.42 bits per heavy atom. The lowest BCUT2D eigenvalue weighted by molar-refractivity contribution is 0.833. The van der Waals surface area contributed by atoms with Crippen LogP contribution in [0.4, 0.5) is 11.6 Å². The molecule has 0 saturated carbocycles. The minimum absolute atomic E-state index is 0.561. The maximum atomic E-state index is 5.93. The number of aryl methyl sites for hydroxylation is 1. The number of thiophene rings is 1. The van der Waals surface area contributed by atoms with Crippen LogP contribution in [0.15, 0.2) is 15.9 Å². The van der Waals surface area contributed by atoms with E-state index in [-0.39, 0.29) is 0 Å². The summed E-state index contributed by atoms with van der Waals surface area (Å²) < 4.78 is 1.12. The van der Waals surface area contributed by atoms with Gasteiger partial charge in [0.1, 0.15) is 17.5 Å². The number of nitrogens with one attached hydrogen (secondary N) is 1. The second-order valence-corrected chi connectivity index (χ2v) is 6.15. The van der Waals surface area contributed by atoms with Crippen LogP contribution in [0, 0.1) is 6.92 Å². The highest BCUT2D eigenvalue weighted by molar-refractivity contribution is 9.10. The van der Waals surface area contributed by atoms with E-state index < -0.39 is 0 Å². The van der Waals surface area contributed by atoms with Crippen molar-refractivity contribution in [2.24, 2.45) is 0 Å². The SMILES string of the molecule is CCCc1nc(N)c(C)c(NCc2sccc2Br)n1. The fourth-order valence-electron chi connectivity index (χ4n) is 1.70. The van der Waals surface area contributed by atoms with Crippen molar-refractivity contribution in [3.05, 3.63) is 32.2 Å². The highest BCUT2D eigenvalue weighted by atomic mass is 79.9. The standard InChI is InChI=1S/C13H17BrN4S/c1-3-4-11-17-12(15)8(2)13(18-11)16-7-10-9(14)5-6-19-10/h5-6H,3-4,7H2,1-2H3,(H3,15,16,17,18). The van der Waals surface area contributed by atoms with E-state index in [1.54, 1.807) is 11.3 Å². The van der Waals surface area contributed by atoms with Crippen LogP contribution in [-0.4, -0.2) is 9.97 Å². The van der Waals surface area contributed by atoms with Gasteiger partial charge in [0.2, 0.25) is 0 Å². The molecule has 19 heavy (non-hydrogen) atoms. The maximum Gasteiger partial charge on any atom is 0.135 e. The van der Waals surface area contributed by atoms with E-state index in [0.717, 1.165) is 41.1 Å². The molecule has 4 nitrogen and oxygen atoms in total. The van der Waals surface area contributed by atoms with E-state index in [1.165, 1.54) is 4.88 Å². The molecule has 0 bridgehead atoms. The minimum Gasteiger partial charge on any atom is -0.383 e. The molecule has 6 heteroatoms. The topological polar surface area (TPSA) is 63.8 Å². The van der Waals surface area contributed by atoms with Crippen molar-refractivity contribution in [2.45, 2.75) is 33.2 Å². The van der Waals surface area contributed by atoms with Gasteiger partial charge in [-0.3, -0.25) is 0 Å². The number of nitrogens with zero attached hydrogens (tertiary/aromatic N) is 2. The van der Waals surface area contributed by atoms with Crippen LogP contribution in [0.25, 0.3) is 0 Å².